The van der Waals surface area contributed by atoms with Gasteiger partial charge in [-0.3, -0.25) is 14.6 Å². The van der Waals surface area contributed by atoms with E-state index in [1.165, 1.54) is 72.4 Å². The summed E-state index contributed by atoms with van der Waals surface area (Å²) in [7, 11) is -1.67. The number of methoxy groups -OCH3 is 2. The number of amides is 5. The molecular weight excluding hydrogens is 775 g/mol. The highest BCUT2D eigenvalue weighted by Crippen LogP contribution is 2.42. The summed E-state index contributed by atoms with van der Waals surface area (Å²) in [5.41, 5.74) is 0.499. The molecule has 3 atom stereocenters. The van der Waals surface area contributed by atoms with Gasteiger partial charge >= 0.3 is 24.2 Å². The number of hydrogen-bond donors (Lipinski definition) is 4. The predicted molar refractivity (Wildman–Crippen MR) is 201 cm³/mol. The number of aromatic nitrogens is 1. The highest BCUT2D eigenvalue weighted by Gasteiger charge is 2.51. The number of alkyl carbamates (subject to hydrolysis) is 2. The number of rotatable bonds is 15. The fraction of sp³-hybridized carbons (Fsp3) is 0.514. The molecule has 1 aromatic heterocycles. The van der Waals surface area contributed by atoms with Crippen LogP contribution in [0.4, 0.5) is 14.4 Å². The zero-order valence-electron chi connectivity index (χ0n) is 31.5. The summed E-state index contributed by atoms with van der Waals surface area (Å²) in [6.07, 6.45) is 1.83. The minimum absolute atomic E-state index is 0.0108. The lowest BCUT2D eigenvalue weighted by Gasteiger charge is -2.35. The largest absolute Gasteiger partial charge is 0.480 e. The van der Waals surface area contributed by atoms with Gasteiger partial charge in [-0.05, 0) is 62.9 Å². The van der Waals surface area contributed by atoms with E-state index in [9.17, 15) is 42.3 Å². The number of carbonyl (C=O) groups is 6. The van der Waals surface area contributed by atoms with Crippen LogP contribution in [0.3, 0.4) is 0 Å². The molecule has 3 heterocycles. The normalized spacial score (nSPS) is 17.9. The molecule has 1 unspecified atom stereocenters. The van der Waals surface area contributed by atoms with Gasteiger partial charge in [0.1, 0.15) is 28.8 Å². The number of sulfonamides is 1. The molecule has 0 spiro atoms. The van der Waals surface area contributed by atoms with Crippen LogP contribution in [0.2, 0.25) is 0 Å². The Balaban J connectivity index is 1.30. The Labute approximate surface area is 328 Å². The number of unbranched alkanes of at least 4 members (excludes halogenated alkanes) is 1. The molecule has 19 nitrogen and oxygen atoms in total. The zero-order valence-corrected chi connectivity index (χ0v) is 33.1. The Bertz CT molecular complexity index is 1830. The van der Waals surface area contributed by atoms with Crippen LogP contribution >= 0.6 is 11.8 Å². The van der Waals surface area contributed by atoms with Crippen molar-refractivity contribution in [2.45, 2.75) is 67.3 Å². The van der Waals surface area contributed by atoms with Crippen molar-refractivity contribution >= 4 is 57.8 Å². The van der Waals surface area contributed by atoms with Crippen LogP contribution in [-0.4, -0.2) is 144 Å². The molecule has 4 rings (SSSR count). The molecule has 0 radical (unpaired) electrons. The van der Waals surface area contributed by atoms with Gasteiger partial charge in [0.15, 0.2) is 0 Å². The van der Waals surface area contributed by atoms with E-state index in [4.69, 9.17) is 4.74 Å². The van der Waals surface area contributed by atoms with Gasteiger partial charge in [-0.25, -0.2) is 27.6 Å². The smallest absolute Gasteiger partial charge is 0.415 e. The maximum Gasteiger partial charge on any atom is 0.415 e. The molecule has 0 bridgehead atoms. The molecule has 2 fully saturated rings. The Kier molecular flexibility index (Phi) is 15.3. The molecule has 4 N–H and O–H groups in total. The van der Waals surface area contributed by atoms with Gasteiger partial charge in [-0.2, -0.15) is 4.31 Å². The lowest BCUT2D eigenvalue weighted by molar-refractivity contribution is -0.142. The molecule has 0 aliphatic carbocycles. The summed E-state index contributed by atoms with van der Waals surface area (Å²) in [4.78, 5) is 82.1. The standard InChI is InChI=1S/C35H47N7O12S2/c1-35(2)28(42(22-55-35)56(50,51)25-8-7-14-36-21-25)29(43)38-27(31(45)46)20-23-10-12-24(13-11-23)54-34(49)41-18-16-40(17-19-41)30(44)26(39-33(48)53-4)9-5-6-15-37-32(47)52-3/h7-8,10-14,21,26-28H,5-6,9,15-20,22H2,1-4H3,(H,37,47)(H,38,43)(H,39,48)(H,45,46)/t26?,27-,28+/m0/s1. The fourth-order valence-corrected chi connectivity index (χ4v) is 9.22. The number of hydrogen-bond acceptors (Lipinski definition) is 13. The quantitative estimate of drug-likeness (QED) is 0.187. The molecule has 2 aromatic rings. The van der Waals surface area contributed by atoms with Crippen molar-refractivity contribution in [3.8, 4) is 5.75 Å². The number of benzene rings is 1. The van der Waals surface area contributed by atoms with Crippen molar-refractivity contribution in [2.75, 3.05) is 52.8 Å². The number of ether oxygens (including phenoxy) is 3. The number of carboxylic acids is 1. The Morgan fingerprint density at radius 2 is 1.59 bits per heavy atom. The first-order chi connectivity index (χ1) is 26.6. The van der Waals surface area contributed by atoms with Crippen molar-refractivity contribution in [3.05, 3.63) is 54.4 Å². The summed E-state index contributed by atoms with van der Waals surface area (Å²) < 4.78 is 41.8. The average Bonchev–Trinajstić information content (AvgIpc) is 3.52. The molecular formula is C35H47N7O12S2. The molecule has 2 aliphatic rings. The SMILES string of the molecule is COC(=O)NCCCCC(NC(=O)OC)C(=O)N1CCN(C(=O)Oc2ccc(C[C@H](NC(=O)[C@H]3N(S(=O)(=O)c4cccnc4)CSC3(C)C)C(=O)O)cc2)CC1. The van der Waals surface area contributed by atoms with Gasteiger partial charge in [-0.1, -0.05) is 12.1 Å². The van der Waals surface area contributed by atoms with Gasteiger partial charge in [0, 0.05) is 56.3 Å². The van der Waals surface area contributed by atoms with Crippen LogP contribution in [-0.2, 0) is 40.3 Å². The summed E-state index contributed by atoms with van der Waals surface area (Å²) in [5, 5.41) is 17.6. The number of nitrogens with zero attached hydrogens (tertiary/aromatic N) is 4. The van der Waals surface area contributed by atoms with Crippen LogP contribution in [0.5, 0.6) is 5.75 Å². The molecule has 0 saturated carbocycles. The second-order valence-corrected chi connectivity index (χ2v) is 16.9. The van der Waals surface area contributed by atoms with Gasteiger partial charge in [-0.15, -0.1) is 11.8 Å². The van der Waals surface area contributed by atoms with E-state index in [0.29, 0.717) is 31.4 Å². The van der Waals surface area contributed by atoms with Gasteiger partial charge < -0.3 is 45.1 Å². The number of piperazine rings is 1. The van der Waals surface area contributed by atoms with Crippen LogP contribution in [0.15, 0.2) is 53.7 Å². The number of pyridine rings is 1. The fourth-order valence-electron chi connectivity index (χ4n) is 6.09. The Hall–Kier alpha value is -5.15. The first kappa shape index (κ1) is 43.6. The first-order valence-electron chi connectivity index (χ1n) is 17.7. The Morgan fingerprint density at radius 1 is 0.929 bits per heavy atom. The lowest BCUT2D eigenvalue weighted by atomic mass is 10.0. The zero-order chi connectivity index (χ0) is 41.0. The number of carboxylic acid groups (broad SMARTS) is 1. The van der Waals surface area contributed by atoms with Crippen LogP contribution in [0, 0.1) is 0 Å². The van der Waals surface area contributed by atoms with Gasteiger partial charge in [0.05, 0.1) is 20.1 Å². The lowest BCUT2D eigenvalue weighted by Crippen LogP contribution is -2.56. The van der Waals surface area contributed by atoms with E-state index >= 15 is 0 Å². The summed E-state index contributed by atoms with van der Waals surface area (Å²) in [6.45, 7) is 4.45. The molecule has 2 aliphatic heterocycles. The molecule has 306 valence electrons. The second kappa shape index (κ2) is 19.6. The maximum atomic E-state index is 13.6. The van der Waals surface area contributed by atoms with E-state index in [2.05, 4.69) is 30.4 Å². The summed E-state index contributed by atoms with van der Waals surface area (Å²) in [6, 6.07) is 5.45. The molecule has 1 aromatic carbocycles. The van der Waals surface area contributed by atoms with Crippen molar-refractivity contribution in [2.24, 2.45) is 0 Å². The predicted octanol–water partition coefficient (Wildman–Crippen LogP) is 1.63. The van der Waals surface area contributed by atoms with E-state index in [-0.39, 0.29) is 55.0 Å². The average molecular weight is 822 g/mol. The summed E-state index contributed by atoms with van der Waals surface area (Å²) >= 11 is 1.26. The third kappa shape index (κ3) is 11.4. The topological polar surface area (TPSA) is 243 Å². The van der Waals surface area contributed by atoms with Crippen molar-refractivity contribution in [3.63, 3.8) is 0 Å². The number of nitrogens with one attached hydrogen (secondary N) is 3. The third-order valence-corrected chi connectivity index (χ3v) is 12.5. The van der Waals surface area contributed by atoms with Crippen molar-refractivity contribution in [1.29, 1.82) is 0 Å². The first-order valence-corrected chi connectivity index (χ1v) is 20.1. The number of carbonyl (C=O) groups excluding carboxylic acids is 5. The van der Waals surface area contributed by atoms with Crippen LogP contribution in [0.25, 0.3) is 0 Å². The second-order valence-electron chi connectivity index (χ2n) is 13.4. The van der Waals surface area contributed by atoms with E-state index in [1.807, 2.05) is 0 Å². The minimum Gasteiger partial charge on any atom is -0.480 e. The highest BCUT2D eigenvalue weighted by atomic mass is 32.2. The Morgan fingerprint density at radius 3 is 2.20 bits per heavy atom. The molecule has 56 heavy (non-hydrogen) atoms. The van der Waals surface area contributed by atoms with E-state index < -0.39 is 63.1 Å². The highest BCUT2D eigenvalue weighted by molar-refractivity contribution is 8.02. The number of aliphatic carboxylic acids is 1. The van der Waals surface area contributed by atoms with Gasteiger partial charge in [0.25, 0.3) is 0 Å². The number of thioether (sulfide) groups is 1. The van der Waals surface area contributed by atoms with E-state index in [0.717, 1.165) is 4.31 Å². The third-order valence-electron chi connectivity index (χ3n) is 9.18. The van der Waals surface area contributed by atoms with Crippen molar-refractivity contribution < 1.29 is 56.5 Å². The molecule has 21 heteroatoms. The monoisotopic (exact) mass is 821 g/mol. The van der Waals surface area contributed by atoms with Gasteiger partial charge in [0.2, 0.25) is 21.8 Å². The maximum absolute atomic E-state index is 13.6. The van der Waals surface area contributed by atoms with Crippen LogP contribution in [0.1, 0.15) is 38.7 Å². The van der Waals surface area contributed by atoms with E-state index in [1.54, 1.807) is 26.0 Å². The minimum atomic E-state index is -4.12. The van der Waals surface area contributed by atoms with Crippen LogP contribution < -0.4 is 20.7 Å². The molecule has 5 amide bonds. The molecule has 2 saturated heterocycles. The van der Waals surface area contributed by atoms with Crippen molar-refractivity contribution in [1.82, 2.24) is 35.0 Å². The summed E-state index contributed by atoms with van der Waals surface area (Å²) in [5.74, 6) is -2.25.